The van der Waals surface area contributed by atoms with Gasteiger partial charge in [0.15, 0.2) is 0 Å². The minimum absolute atomic E-state index is 0.0573. The van der Waals surface area contributed by atoms with Crippen molar-refractivity contribution < 1.29 is 41.2 Å². The molecular weight excluding hydrogens is 404 g/mol. The molecule has 1 heterocycles. The van der Waals surface area contributed by atoms with Crippen LogP contribution in [-0.4, -0.2) is 57.0 Å². The van der Waals surface area contributed by atoms with Crippen molar-refractivity contribution in [3.63, 3.8) is 0 Å². The topological polar surface area (TPSA) is 122 Å². The van der Waals surface area contributed by atoms with Gasteiger partial charge in [0, 0.05) is 11.8 Å². The molecule has 10 heteroatoms. The van der Waals surface area contributed by atoms with Gasteiger partial charge in [-0.15, -0.1) is 0 Å². The molecular formula is C19H28O9S. The van der Waals surface area contributed by atoms with Crippen LogP contribution in [-0.2, 0) is 42.9 Å². The first-order valence-corrected chi connectivity index (χ1v) is 11.5. The fraction of sp³-hybridized carbons (Fsp3) is 0.842. The second-order valence-electron chi connectivity index (χ2n) is 8.61. The summed E-state index contributed by atoms with van der Waals surface area (Å²) in [5.74, 6) is -2.13. The Kier molecular flexibility index (Phi) is 6.24. The van der Waals surface area contributed by atoms with Gasteiger partial charge in [-0.3, -0.25) is 18.6 Å². The Hall–Kier alpha value is -1.68. The van der Waals surface area contributed by atoms with Gasteiger partial charge in [-0.25, -0.2) is 0 Å². The van der Waals surface area contributed by atoms with Crippen molar-refractivity contribution >= 4 is 28.0 Å². The first-order valence-electron chi connectivity index (χ1n) is 9.99. The van der Waals surface area contributed by atoms with Gasteiger partial charge in [-0.2, -0.15) is 8.42 Å². The summed E-state index contributed by atoms with van der Waals surface area (Å²) in [6.45, 7) is 5.31. The zero-order valence-electron chi connectivity index (χ0n) is 16.9. The average Bonchev–Trinajstić information content (AvgIpc) is 3.22. The maximum atomic E-state index is 12.1. The largest absolute Gasteiger partial charge is 0.462 e. The molecule has 3 fully saturated rings. The third-order valence-corrected chi connectivity index (χ3v) is 7.75. The number of hydrogen-bond donors (Lipinski definition) is 0. The summed E-state index contributed by atoms with van der Waals surface area (Å²) in [7, 11) is -3.58. The van der Waals surface area contributed by atoms with Gasteiger partial charge in [0.2, 0.25) is 0 Å². The molecule has 5 unspecified atom stereocenters. The summed E-state index contributed by atoms with van der Waals surface area (Å²) >= 11 is 0. The Bertz CT molecular complexity index is 773. The number of carbonyl (C=O) groups excluding carboxylic acids is 3. The van der Waals surface area contributed by atoms with Crippen LogP contribution in [0.3, 0.4) is 0 Å². The summed E-state index contributed by atoms with van der Waals surface area (Å²) in [6.07, 6.45) is 0.729. The fourth-order valence-electron chi connectivity index (χ4n) is 4.62. The quantitative estimate of drug-likeness (QED) is 0.175. The van der Waals surface area contributed by atoms with E-state index in [0.717, 1.165) is 6.42 Å². The Balaban J connectivity index is 1.37. The van der Waals surface area contributed by atoms with Gasteiger partial charge in [-0.1, -0.05) is 13.3 Å². The number of rotatable bonds is 9. The zero-order valence-corrected chi connectivity index (χ0v) is 17.7. The highest BCUT2D eigenvalue weighted by Gasteiger charge is 2.65. The van der Waals surface area contributed by atoms with E-state index in [1.54, 1.807) is 13.8 Å². The minimum Gasteiger partial charge on any atom is -0.462 e. The fourth-order valence-corrected chi connectivity index (χ4v) is 6.50. The highest BCUT2D eigenvalue weighted by atomic mass is 32.2. The van der Waals surface area contributed by atoms with E-state index in [0.29, 0.717) is 19.3 Å². The van der Waals surface area contributed by atoms with Crippen molar-refractivity contribution in [2.24, 2.45) is 17.3 Å². The summed E-state index contributed by atoms with van der Waals surface area (Å²) in [5, 5.41) is -0.498. The van der Waals surface area contributed by atoms with Crippen molar-refractivity contribution in [1.29, 1.82) is 0 Å². The molecule has 9 nitrogen and oxygen atoms in total. The van der Waals surface area contributed by atoms with E-state index in [1.807, 2.05) is 6.92 Å². The lowest BCUT2D eigenvalue weighted by Gasteiger charge is -2.24. The van der Waals surface area contributed by atoms with E-state index in [2.05, 4.69) is 0 Å². The Morgan fingerprint density at radius 1 is 1.07 bits per heavy atom. The first kappa shape index (κ1) is 22.0. The number of esters is 3. The molecule has 0 radical (unpaired) electrons. The second kappa shape index (κ2) is 8.22. The standard InChI is InChI=1S/C19H28O9S/c1-4-5-19(2,3)18(22)26-7-6-25-14(20)10-15(21)27-16-11-8-12-13(9-11)29(23,24)28-17(12)16/h11-13,16-17H,4-10H2,1-3H3. The summed E-state index contributed by atoms with van der Waals surface area (Å²) in [5.41, 5.74) is -0.599. The highest BCUT2D eigenvalue weighted by Crippen LogP contribution is 2.55. The number of fused-ring (bicyclic) bond motifs is 1. The van der Waals surface area contributed by atoms with Gasteiger partial charge >= 0.3 is 17.9 Å². The number of hydrogen-bond acceptors (Lipinski definition) is 9. The molecule has 2 bridgehead atoms. The summed E-state index contributed by atoms with van der Waals surface area (Å²) in [4.78, 5) is 35.8. The normalized spacial score (nSPS) is 31.5. The van der Waals surface area contributed by atoms with E-state index in [1.165, 1.54) is 0 Å². The van der Waals surface area contributed by atoms with E-state index >= 15 is 0 Å². The first-order chi connectivity index (χ1) is 13.5. The maximum Gasteiger partial charge on any atom is 0.317 e. The van der Waals surface area contributed by atoms with Crippen LogP contribution in [0.5, 0.6) is 0 Å². The average molecular weight is 432 g/mol. The minimum atomic E-state index is -3.58. The summed E-state index contributed by atoms with van der Waals surface area (Å²) < 4.78 is 44.3. The lowest BCUT2D eigenvalue weighted by molar-refractivity contribution is -0.165. The second-order valence-corrected chi connectivity index (χ2v) is 10.4. The molecule has 0 aromatic heterocycles. The Labute approximate surface area is 170 Å². The van der Waals surface area contributed by atoms with Crippen LogP contribution in [0.2, 0.25) is 0 Å². The monoisotopic (exact) mass is 432 g/mol. The van der Waals surface area contributed by atoms with Crippen LogP contribution < -0.4 is 0 Å². The number of carbonyl (C=O) groups is 3. The zero-order chi connectivity index (χ0) is 21.4. The molecule has 0 amide bonds. The predicted molar refractivity (Wildman–Crippen MR) is 98.9 cm³/mol. The molecule has 0 spiro atoms. The Morgan fingerprint density at radius 2 is 1.76 bits per heavy atom. The molecule has 2 saturated carbocycles. The smallest absolute Gasteiger partial charge is 0.317 e. The molecule has 1 saturated heterocycles. The maximum absolute atomic E-state index is 12.1. The third kappa shape index (κ3) is 4.58. The molecule has 3 aliphatic rings. The van der Waals surface area contributed by atoms with Crippen LogP contribution in [0.1, 0.15) is 52.9 Å². The SMILES string of the molecule is CCCC(C)(C)C(=O)OCCOC(=O)CC(=O)OC1C2CC3C1OS(=O)(=O)C3C2. The molecule has 1 aliphatic heterocycles. The third-order valence-electron chi connectivity index (χ3n) is 5.98. The summed E-state index contributed by atoms with van der Waals surface area (Å²) in [6, 6.07) is 0. The molecule has 0 aromatic carbocycles. The van der Waals surface area contributed by atoms with E-state index in [-0.39, 0.29) is 31.0 Å². The van der Waals surface area contributed by atoms with Crippen LogP contribution in [0.4, 0.5) is 0 Å². The van der Waals surface area contributed by atoms with Crippen LogP contribution in [0.25, 0.3) is 0 Å². The van der Waals surface area contributed by atoms with Crippen molar-refractivity contribution in [2.45, 2.75) is 70.3 Å². The van der Waals surface area contributed by atoms with Gasteiger partial charge in [0.1, 0.15) is 31.8 Å². The molecule has 3 rings (SSSR count). The van der Waals surface area contributed by atoms with Gasteiger partial charge in [0.05, 0.1) is 10.7 Å². The highest BCUT2D eigenvalue weighted by molar-refractivity contribution is 7.87. The number of ether oxygens (including phenoxy) is 3. The predicted octanol–water partition coefficient (Wildman–Crippen LogP) is 1.34. The van der Waals surface area contributed by atoms with Crippen molar-refractivity contribution in [1.82, 2.24) is 0 Å². The van der Waals surface area contributed by atoms with Gasteiger partial charge < -0.3 is 14.2 Å². The van der Waals surface area contributed by atoms with E-state index in [4.69, 9.17) is 18.4 Å². The lowest BCUT2D eigenvalue weighted by atomic mass is 9.88. The van der Waals surface area contributed by atoms with Crippen LogP contribution in [0.15, 0.2) is 0 Å². The van der Waals surface area contributed by atoms with E-state index in [9.17, 15) is 22.8 Å². The molecule has 0 aromatic rings. The molecule has 2 aliphatic carbocycles. The molecule has 164 valence electrons. The van der Waals surface area contributed by atoms with Crippen molar-refractivity contribution in [2.75, 3.05) is 13.2 Å². The van der Waals surface area contributed by atoms with Crippen LogP contribution >= 0.6 is 0 Å². The van der Waals surface area contributed by atoms with Gasteiger partial charge in [-0.05, 0) is 33.1 Å². The van der Waals surface area contributed by atoms with Crippen LogP contribution in [0, 0.1) is 17.3 Å². The molecule has 0 N–H and O–H groups in total. The van der Waals surface area contributed by atoms with E-state index < -0.39 is 51.4 Å². The van der Waals surface area contributed by atoms with Crippen molar-refractivity contribution in [3.05, 3.63) is 0 Å². The van der Waals surface area contributed by atoms with Gasteiger partial charge in [0.25, 0.3) is 10.1 Å². The van der Waals surface area contributed by atoms with Crippen molar-refractivity contribution in [3.8, 4) is 0 Å². The molecule has 29 heavy (non-hydrogen) atoms. The molecule has 5 atom stereocenters. The lowest BCUT2D eigenvalue weighted by Crippen LogP contribution is -2.37. The Morgan fingerprint density at radius 3 is 2.45 bits per heavy atom.